The number of hydrogen-bond donors (Lipinski definition) is 1. The molecule has 2 nitrogen and oxygen atoms in total. The Morgan fingerprint density at radius 2 is 2.06 bits per heavy atom. The minimum absolute atomic E-state index is 0.0843. The van der Waals surface area contributed by atoms with Gasteiger partial charge in [0.05, 0.1) is 0 Å². The predicted octanol–water partition coefficient (Wildman–Crippen LogP) is 3.65. The Kier molecular flexibility index (Phi) is 3.01. The zero-order valence-electron chi connectivity index (χ0n) is 9.96. The van der Waals surface area contributed by atoms with Crippen molar-refractivity contribution < 1.29 is 4.74 Å². The summed E-state index contributed by atoms with van der Waals surface area (Å²) in [5, 5.41) is 0. The van der Waals surface area contributed by atoms with E-state index in [9.17, 15) is 0 Å². The van der Waals surface area contributed by atoms with Gasteiger partial charge in [-0.15, -0.1) is 0 Å². The molecule has 1 aliphatic rings. The summed E-state index contributed by atoms with van der Waals surface area (Å²) < 4.78 is 7.07. The van der Waals surface area contributed by atoms with Crippen molar-refractivity contribution in [3.8, 4) is 5.75 Å². The molecule has 1 aromatic carbocycles. The van der Waals surface area contributed by atoms with Crippen molar-refractivity contribution in [2.75, 3.05) is 0 Å². The molecule has 0 aliphatic carbocycles. The van der Waals surface area contributed by atoms with E-state index in [0.29, 0.717) is 0 Å². The lowest BCUT2D eigenvalue weighted by Crippen LogP contribution is -2.38. The second kappa shape index (κ2) is 4.04. The molecule has 1 aromatic rings. The van der Waals surface area contributed by atoms with Crippen LogP contribution in [0.1, 0.15) is 38.8 Å². The highest BCUT2D eigenvalue weighted by Crippen LogP contribution is 2.40. The summed E-state index contributed by atoms with van der Waals surface area (Å²) in [5.74, 6) is 0.924. The van der Waals surface area contributed by atoms with Crippen LogP contribution in [-0.2, 0) is 0 Å². The predicted molar refractivity (Wildman–Crippen MR) is 69.6 cm³/mol. The highest BCUT2D eigenvalue weighted by molar-refractivity contribution is 9.10. The standard InChI is InChI=1S/C13H18BrNO/c1-13(2,3)12-7-10(15)9-5-4-8(14)6-11(9)16-12/h4-6,10,12H,7,15H2,1-3H3/t10-,12?/m1/s1. The molecule has 2 rings (SSSR count). The van der Waals surface area contributed by atoms with Crippen molar-refractivity contribution in [3.05, 3.63) is 28.2 Å². The topological polar surface area (TPSA) is 35.2 Å². The smallest absolute Gasteiger partial charge is 0.125 e. The van der Waals surface area contributed by atoms with Gasteiger partial charge in [0.1, 0.15) is 11.9 Å². The SMILES string of the molecule is CC(C)(C)C1C[C@@H](N)c2ccc(Br)cc2O1. The Labute approximate surface area is 105 Å². The lowest BCUT2D eigenvalue weighted by Gasteiger charge is -2.38. The van der Waals surface area contributed by atoms with Gasteiger partial charge in [-0.05, 0) is 17.5 Å². The Balaban J connectivity index is 2.35. The van der Waals surface area contributed by atoms with Crippen LogP contribution in [0.2, 0.25) is 0 Å². The molecule has 0 fully saturated rings. The third kappa shape index (κ3) is 2.25. The minimum atomic E-state index is 0.0843. The van der Waals surface area contributed by atoms with E-state index in [-0.39, 0.29) is 17.6 Å². The molecule has 0 bridgehead atoms. The van der Waals surface area contributed by atoms with Crippen LogP contribution < -0.4 is 10.5 Å². The van der Waals surface area contributed by atoms with E-state index in [1.807, 2.05) is 18.2 Å². The molecule has 2 N–H and O–H groups in total. The summed E-state index contributed by atoms with van der Waals surface area (Å²) in [6.45, 7) is 6.56. The third-order valence-electron chi connectivity index (χ3n) is 3.08. The second-order valence-corrected chi connectivity index (χ2v) is 6.41. The van der Waals surface area contributed by atoms with Crippen LogP contribution in [0.3, 0.4) is 0 Å². The Morgan fingerprint density at radius 1 is 1.38 bits per heavy atom. The first kappa shape index (κ1) is 11.9. The van der Waals surface area contributed by atoms with Crippen LogP contribution in [0.25, 0.3) is 0 Å². The largest absolute Gasteiger partial charge is 0.489 e. The van der Waals surface area contributed by atoms with Crippen LogP contribution in [0.15, 0.2) is 22.7 Å². The normalized spacial score (nSPS) is 24.8. The van der Waals surface area contributed by atoms with E-state index in [2.05, 4.69) is 36.7 Å². The number of benzene rings is 1. The summed E-state index contributed by atoms with van der Waals surface area (Å²) in [5.41, 5.74) is 7.43. The molecule has 1 heterocycles. The maximum Gasteiger partial charge on any atom is 0.125 e. The highest BCUT2D eigenvalue weighted by Gasteiger charge is 2.33. The van der Waals surface area contributed by atoms with E-state index in [4.69, 9.17) is 10.5 Å². The molecule has 0 radical (unpaired) electrons. The van der Waals surface area contributed by atoms with Crippen molar-refractivity contribution in [2.45, 2.75) is 39.3 Å². The van der Waals surface area contributed by atoms with E-state index in [0.717, 1.165) is 22.2 Å². The molecule has 1 aliphatic heterocycles. The number of ether oxygens (including phenoxy) is 1. The number of fused-ring (bicyclic) bond motifs is 1. The molecule has 1 unspecified atom stereocenters. The number of nitrogens with two attached hydrogens (primary N) is 1. The van der Waals surface area contributed by atoms with Gasteiger partial charge in [0, 0.05) is 22.5 Å². The van der Waals surface area contributed by atoms with Crippen LogP contribution in [0, 0.1) is 5.41 Å². The first-order valence-electron chi connectivity index (χ1n) is 5.59. The molecule has 2 atom stereocenters. The van der Waals surface area contributed by atoms with E-state index in [1.165, 1.54) is 0 Å². The molecular formula is C13H18BrNO. The Morgan fingerprint density at radius 3 is 2.69 bits per heavy atom. The molecule has 0 saturated heterocycles. The molecule has 16 heavy (non-hydrogen) atoms. The molecule has 0 spiro atoms. The van der Waals surface area contributed by atoms with E-state index in [1.54, 1.807) is 0 Å². The van der Waals surface area contributed by atoms with E-state index >= 15 is 0 Å². The summed E-state index contributed by atoms with van der Waals surface area (Å²) in [4.78, 5) is 0. The summed E-state index contributed by atoms with van der Waals surface area (Å²) in [6, 6.07) is 6.15. The van der Waals surface area contributed by atoms with Gasteiger partial charge in [-0.1, -0.05) is 42.8 Å². The summed E-state index contributed by atoms with van der Waals surface area (Å²) in [7, 11) is 0. The molecular weight excluding hydrogens is 266 g/mol. The fourth-order valence-electron chi connectivity index (χ4n) is 2.01. The van der Waals surface area contributed by atoms with Gasteiger partial charge in [0.15, 0.2) is 0 Å². The molecule has 88 valence electrons. The summed E-state index contributed by atoms with van der Waals surface area (Å²) >= 11 is 3.46. The van der Waals surface area contributed by atoms with Crippen LogP contribution in [0.4, 0.5) is 0 Å². The highest BCUT2D eigenvalue weighted by atomic mass is 79.9. The maximum atomic E-state index is 6.19. The van der Waals surface area contributed by atoms with Gasteiger partial charge in [0.25, 0.3) is 0 Å². The van der Waals surface area contributed by atoms with Gasteiger partial charge in [0.2, 0.25) is 0 Å². The van der Waals surface area contributed by atoms with Crippen molar-refractivity contribution in [1.29, 1.82) is 0 Å². The lowest BCUT2D eigenvalue weighted by atomic mass is 9.82. The van der Waals surface area contributed by atoms with Gasteiger partial charge in [-0.3, -0.25) is 0 Å². The van der Waals surface area contributed by atoms with E-state index < -0.39 is 0 Å². The van der Waals surface area contributed by atoms with Crippen molar-refractivity contribution >= 4 is 15.9 Å². The zero-order valence-corrected chi connectivity index (χ0v) is 11.5. The zero-order chi connectivity index (χ0) is 11.9. The van der Waals surface area contributed by atoms with Crippen molar-refractivity contribution in [3.63, 3.8) is 0 Å². The van der Waals surface area contributed by atoms with Crippen molar-refractivity contribution in [2.24, 2.45) is 11.1 Å². The number of rotatable bonds is 0. The van der Waals surface area contributed by atoms with Gasteiger partial charge < -0.3 is 10.5 Å². The first-order chi connectivity index (χ1) is 7.38. The number of hydrogen-bond acceptors (Lipinski definition) is 2. The fourth-order valence-corrected chi connectivity index (χ4v) is 2.35. The Bertz CT molecular complexity index is 397. The van der Waals surface area contributed by atoms with Gasteiger partial charge in [-0.2, -0.15) is 0 Å². The van der Waals surface area contributed by atoms with Crippen LogP contribution in [-0.4, -0.2) is 6.10 Å². The summed E-state index contributed by atoms with van der Waals surface area (Å²) in [6.07, 6.45) is 1.07. The molecule has 0 amide bonds. The maximum absolute atomic E-state index is 6.19. The molecule has 0 saturated carbocycles. The third-order valence-corrected chi connectivity index (χ3v) is 3.57. The molecule has 0 aromatic heterocycles. The Hall–Kier alpha value is -0.540. The van der Waals surface area contributed by atoms with Gasteiger partial charge >= 0.3 is 0 Å². The average Bonchev–Trinajstić information content (AvgIpc) is 2.15. The lowest BCUT2D eigenvalue weighted by molar-refractivity contribution is 0.0581. The fraction of sp³-hybridized carbons (Fsp3) is 0.538. The quantitative estimate of drug-likeness (QED) is 0.789. The van der Waals surface area contributed by atoms with Gasteiger partial charge in [-0.25, -0.2) is 0 Å². The second-order valence-electron chi connectivity index (χ2n) is 5.50. The van der Waals surface area contributed by atoms with Crippen LogP contribution >= 0.6 is 15.9 Å². The number of halogens is 1. The molecule has 3 heteroatoms. The minimum Gasteiger partial charge on any atom is -0.489 e. The monoisotopic (exact) mass is 283 g/mol. The first-order valence-corrected chi connectivity index (χ1v) is 6.39. The average molecular weight is 284 g/mol. The van der Waals surface area contributed by atoms with Crippen LogP contribution in [0.5, 0.6) is 5.75 Å². The van der Waals surface area contributed by atoms with Crippen molar-refractivity contribution in [1.82, 2.24) is 0 Å².